The van der Waals surface area contributed by atoms with Gasteiger partial charge in [-0.15, -0.1) is 0 Å². The quantitative estimate of drug-likeness (QED) is 0.567. The number of non-ortho nitro benzene ring substituents is 1. The van der Waals surface area contributed by atoms with Crippen LogP contribution in [0.3, 0.4) is 0 Å². The van der Waals surface area contributed by atoms with E-state index < -0.39 is 10.9 Å². The summed E-state index contributed by atoms with van der Waals surface area (Å²) in [5, 5.41) is 19.7. The fourth-order valence-corrected chi connectivity index (χ4v) is 2.04. The Morgan fingerprint density at radius 2 is 2.05 bits per heavy atom. The third kappa shape index (κ3) is 2.32. The van der Waals surface area contributed by atoms with Gasteiger partial charge in [-0.25, -0.2) is 9.78 Å². The zero-order valence-corrected chi connectivity index (χ0v) is 10.6. The molecule has 0 radical (unpaired) electrons. The topological polar surface area (TPSA) is 109 Å². The second kappa shape index (κ2) is 4.71. The van der Waals surface area contributed by atoms with Crippen molar-refractivity contribution < 1.29 is 14.8 Å². The molecule has 2 aromatic carbocycles. The maximum atomic E-state index is 10.9. The Kier molecular flexibility index (Phi) is 2.87. The van der Waals surface area contributed by atoms with Crippen LogP contribution in [0.2, 0.25) is 0 Å². The zero-order valence-electron chi connectivity index (χ0n) is 10.6. The lowest BCUT2D eigenvalue weighted by atomic mass is 10.2. The Bertz CT molecular complexity index is 870. The fourth-order valence-electron chi connectivity index (χ4n) is 2.04. The Morgan fingerprint density at radius 1 is 1.24 bits per heavy atom. The number of aromatic nitrogens is 2. The van der Waals surface area contributed by atoms with Gasteiger partial charge >= 0.3 is 5.97 Å². The first kappa shape index (κ1) is 12.8. The number of aromatic carboxylic acids is 1. The molecule has 0 saturated heterocycles. The lowest BCUT2D eigenvalue weighted by molar-refractivity contribution is -0.384. The highest BCUT2D eigenvalue weighted by Gasteiger charge is 2.11. The first-order chi connectivity index (χ1) is 10.0. The number of nitro benzene ring substituents is 1. The number of hydrogen-bond donors (Lipinski definition) is 2. The molecule has 7 heteroatoms. The van der Waals surface area contributed by atoms with Crippen LogP contribution in [0.25, 0.3) is 22.4 Å². The van der Waals surface area contributed by atoms with Gasteiger partial charge in [0.1, 0.15) is 5.82 Å². The highest BCUT2D eigenvalue weighted by atomic mass is 16.6. The number of carboxylic acid groups (broad SMARTS) is 1. The first-order valence-corrected chi connectivity index (χ1v) is 6.02. The Labute approximate surface area is 118 Å². The van der Waals surface area contributed by atoms with Crippen LogP contribution in [0.5, 0.6) is 0 Å². The van der Waals surface area contributed by atoms with Gasteiger partial charge in [0.25, 0.3) is 5.69 Å². The van der Waals surface area contributed by atoms with Crippen molar-refractivity contribution in [3.8, 4) is 11.4 Å². The van der Waals surface area contributed by atoms with E-state index in [-0.39, 0.29) is 11.3 Å². The number of hydrogen-bond acceptors (Lipinski definition) is 4. The van der Waals surface area contributed by atoms with Crippen LogP contribution in [0.4, 0.5) is 5.69 Å². The van der Waals surface area contributed by atoms with Crippen LogP contribution < -0.4 is 0 Å². The summed E-state index contributed by atoms with van der Waals surface area (Å²) in [6, 6.07) is 10.6. The van der Waals surface area contributed by atoms with E-state index in [1.807, 2.05) is 0 Å². The molecule has 0 unspecified atom stereocenters. The van der Waals surface area contributed by atoms with Crippen molar-refractivity contribution >= 4 is 22.7 Å². The fraction of sp³-hybridized carbons (Fsp3) is 0. The Morgan fingerprint density at radius 3 is 2.76 bits per heavy atom. The molecule has 0 aliphatic rings. The summed E-state index contributed by atoms with van der Waals surface area (Å²) in [5.41, 5.74) is 1.84. The minimum atomic E-state index is -1.03. The molecule has 104 valence electrons. The zero-order chi connectivity index (χ0) is 15.0. The van der Waals surface area contributed by atoms with E-state index in [2.05, 4.69) is 9.97 Å². The average Bonchev–Trinajstić information content (AvgIpc) is 2.90. The van der Waals surface area contributed by atoms with Crippen molar-refractivity contribution in [1.82, 2.24) is 9.97 Å². The van der Waals surface area contributed by atoms with Gasteiger partial charge in [0, 0.05) is 17.7 Å². The van der Waals surface area contributed by atoms with Crippen molar-refractivity contribution in [1.29, 1.82) is 0 Å². The number of carboxylic acids is 1. The third-order valence-corrected chi connectivity index (χ3v) is 3.06. The number of nitrogens with one attached hydrogen (secondary N) is 1. The number of benzene rings is 2. The largest absolute Gasteiger partial charge is 0.478 e. The molecule has 3 rings (SSSR count). The molecule has 2 N–H and O–H groups in total. The van der Waals surface area contributed by atoms with E-state index in [0.717, 1.165) is 0 Å². The van der Waals surface area contributed by atoms with Gasteiger partial charge in [-0.3, -0.25) is 10.1 Å². The SMILES string of the molecule is O=C(O)c1ccc2[nH]c(-c3cccc([N+](=O)[O-])c3)nc2c1. The van der Waals surface area contributed by atoms with Crippen molar-refractivity contribution in [2.45, 2.75) is 0 Å². The number of rotatable bonds is 3. The van der Waals surface area contributed by atoms with Gasteiger partial charge in [0.2, 0.25) is 0 Å². The summed E-state index contributed by atoms with van der Waals surface area (Å²) in [4.78, 5) is 28.5. The summed E-state index contributed by atoms with van der Waals surface area (Å²) in [7, 11) is 0. The van der Waals surface area contributed by atoms with Gasteiger partial charge in [0.05, 0.1) is 21.5 Å². The second-order valence-corrected chi connectivity index (χ2v) is 4.43. The highest BCUT2D eigenvalue weighted by Crippen LogP contribution is 2.24. The molecule has 0 spiro atoms. The number of H-pyrrole nitrogens is 1. The number of nitro groups is 1. The number of carbonyl (C=O) groups is 1. The van der Waals surface area contributed by atoms with Crippen LogP contribution in [0.15, 0.2) is 42.5 Å². The highest BCUT2D eigenvalue weighted by molar-refractivity contribution is 5.93. The van der Waals surface area contributed by atoms with Crippen molar-refractivity contribution in [2.75, 3.05) is 0 Å². The molecule has 3 aromatic rings. The van der Waals surface area contributed by atoms with E-state index in [1.165, 1.54) is 24.3 Å². The summed E-state index contributed by atoms with van der Waals surface area (Å²) in [6.45, 7) is 0. The van der Waals surface area contributed by atoms with Gasteiger partial charge in [-0.1, -0.05) is 12.1 Å². The van der Waals surface area contributed by atoms with Crippen LogP contribution in [0.1, 0.15) is 10.4 Å². The predicted octanol–water partition coefficient (Wildman–Crippen LogP) is 2.84. The Hall–Kier alpha value is -3.22. The van der Waals surface area contributed by atoms with Crippen molar-refractivity contribution in [3.05, 3.63) is 58.1 Å². The number of nitrogens with zero attached hydrogens (tertiary/aromatic N) is 2. The van der Waals surface area contributed by atoms with Crippen molar-refractivity contribution in [3.63, 3.8) is 0 Å². The molecule has 21 heavy (non-hydrogen) atoms. The molecule has 0 atom stereocenters. The van der Waals surface area contributed by atoms with E-state index in [1.54, 1.807) is 18.2 Å². The van der Waals surface area contributed by atoms with E-state index in [0.29, 0.717) is 22.4 Å². The number of aromatic amines is 1. The molecule has 0 amide bonds. The molecule has 1 heterocycles. The molecule has 0 bridgehead atoms. The molecule has 0 aliphatic carbocycles. The summed E-state index contributed by atoms with van der Waals surface area (Å²) >= 11 is 0. The molecule has 7 nitrogen and oxygen atoms in total. The van der Waals surface area contributed by atoms with Crippen LogP contribution in [-0.2, 0) is 0 Å². The lowest BCUT2D eigenvalue weighted by Gasteiger charge is -1.96. The average molecular weight is 283 g/mol. The van der Waals surface area contributed by atoms with Gasteiger partial charge in [0.15, 0.2) is 0 Å². The predicted molar refractivity (Wildman–Crippen MR) is 75.1 cm³/mol. The molecule has 1 aromatic heterocycles. The summed E-state index contributed by atoms with van der Waals surface area (Å²) in [5.74, 6) is -0.576. The van der Waals surface area contributed by atoms with Crippen LogP contribution in [-0.4, -0.2) is 26.0 Å². The molecule has 0 fully saturated rings. The summed E-state index contributed by atoms with van der Waals surface area (Å²) in [6.07, 6.45) is 0. The minimum absolute atomic E-state index is 0.0285. The molecular weight excluding hydrogens is 274 g/mol. The second-order valence-electron chi connectivity index (χ2n) is 4.43. The molecular formula is C14H9N3O4. The maximum absolute atomic E-state index is 10.9. The van der Waals surface area contributed by atoms with Gasteiger partial charge in [-0.2, -0.15) is 0 Å². The van der Waals surface area contributed by atoms with E-state index in [4.69, 9.17) is 5.11 Å². The number of fused-ring (bicyclic) bond motifs is 1. The maximum Gasteiger partial charge on any atom is 0.335 e. The van der Waals surface area contributed by atoms with Crippen molar-refractivity contribution in [2.24, 2.45) is 0 Å². The van der Waals surface area contributed by atoms with Gasteiger partial charge < -0.3 is 10.1 Å². The number of imidazole rings is 1. The van der Waals surface area contributed by atoms with Crippen LogP contribution in [0, 0.1) is 10.1 Å². The molecule has 0 aliphatic heterocycles. The summed E-state index contributed by atoms with van der Waals surface area (Å²) < 4.78 is 0. The smallest absolute Gasteiger partial charge is 0.335 e. The molecule has 0 saturated carbocycles. The standard InChI is InChI=1S/C14H9N3O4/c18-14(19)9-4-5-11-12(7-9)16-13(15-11)8-2-1-3-10(6-8)17(20)21/h1-7H,(H,15,16)(H,18,19). The lowest BCUT2D eigenvalue weighted by Crippen LogP contribution is -1.94. The normalized spacial score (nSPS) is 10.7. The third-order valence-electron chi connectivity index (χ3n) is 3.06. The first-order valence-electron chi connectivity index (χ1n) is 6.02. The van der Waals surface area contributed by atoms with E-state index in [9.17, 15) is 14.9 Å². The van der Waals surface area contributed by atoms with Gasteiger partial charge in [-0.05, 0) is 18.2 Å². The monoisotopic (exact) mass is 283 g/mol. The van der Waals surface area contributed by atoms with Crippen LogP contribution >= 0.6 is 0 Å². The van der Waals surface area contributed by atoms with E-state index >= 15 is 0 Å². The Balaban J connectivity index is 2.10. The minimum Gasteiger partial charge on any atom is -0.478 e.